The predicted molar refractivity (Wildman–Crippen MR) is 149 cm³/mol. The molecule has 9 nitrogen and oxygen atoms in total. The van der Waals surface area contributed by atoms with E-state index in [-0.39, 0.29) is 4.90 Å². The lowest BCUT2D eigenvalue weighted by atomic mass is 9.97. The Bertz CT molecular complexity index is 1410. The Kier molecular flexibility index (Phi) is 7.54. The molecule has 6 rings (SSSR count). The molecule has 11 heteroatoms. The van der Waals surface area contributed by atoms with E-state index in [0.29, 0.717) is 31.1 Å². The van der Waals surface area contributed by atoms with Crippen LogP contribution in [0.4, 0.5) is 11.5 Å². The number of piperidine rings is 1. The Morgan fingerprint density at radius 2 is 1.82 bits per heavy atom. The minimum absolute atomic E-state index is 0.193. The van der Waals surface area contributed by atoms with Crippen LogP contribution in [0, 0.1) is 0 Å². The summed E-state index contributed by atoms with van der Waals surface area (Å²) in [5.41, 5.74) is 2.01. The Morgan fingerprint density at radius 1 is 1.03 bits per heavy atom. The summed E-state index contributed by atoms with van der Waals surface area (Å²) in [6.07, 6.45) is 7.29. The van der Waals surface area contributed by atoms with Crippen LogP contribution in [0.5, 0.6) is 5.75 Å². The first-order chi connectivity index (χ1) is 18.5. The maximum absolute atomic E-state index is 13.6. The number of benzene rings is 1. The molecular formula is C27H35N5O4S2. The number of hydrogen-bond acceptors (Lipinski definition) is 9. The van der Waals surface area contributed by atoms with Gasteiger partial charge in [0.15, 0.2) is 0 Å². The molecule has 2 saturated heterocycles. The molecule has 1 N–H and O–H groups in total. The predicted octanol–water partition coefficient (Wildman–Crippen LogP) is 4.33. The molecule has 2 aliphatic heterocycles. The molecule has 1 aliphatic carbocycles. The number of anilines is 2. The van der Waals surface area contributed by atoms with E-state index in [1.807, 2.05) is 6.07 Å². The van der Waals surface area contributed by atoms with E-state index >= 15 is 0 Å². The van der Waals surface area contributed by atoms with Gasteiger partial charge in [-0.05, 0) is 62.3 Å². The summed E-state index contributed by atoms with van der Waals surface area (Å²) in [7, 11) is -2.16. The fourth-order valence-corrected chi connectivity index (χ4v) is 8.64. The highest BCUT2D eigenvalue weighted by Crippen LogP contribution is 2.40. The largest absolute Gasteiger partial charge is 0.495 e. The molecule has 3 aliphatic rings. The average Bonchev–Trinajstić information content (AvgIpc) is 3.33. The summed E-state index contributed by atoms with van der Waals surface area (Å²) in [6, 6.07) is 5.29. The number of ether oxygens (including phenoxy) is 2. The second-order valence-electron chi connectivity index (χ2n) is 10.2. The van der Waals surface area contributed by atoms with Crippen molar-refractivity contribution >= 4 is 43.1 Å². The Morgan fingerprint density at radius 3 is 2.61 bits per heavy atom. The van der Waals surface area contributed by atoms with Gasteiger partial charge in [-0.1, -0.05) is 6.42 Å². The van der Waals surface area contributed by atoms with Gasteiger partial charge in [-0.3, -0.25) is 4.90 Å². The van der Waals surface area contributed by atoms with E-state index in [2.05, 4.69) is 10.2 Å². The van der Waals surface area contributed by atoms with Gasteiger partial charge in [0.25, 0.3) is 0 Å². The number of aryl methyl sites for hydroxylation is 2. The SMILES string of the molecule is COc1ccc(Nc2nc(CN3CCOCC3)nc3sc4c(c23)CCCC4)cc1S(=O)(=O)N1CCCCC1. The van der Waals surface area contributed by atoms with Gasteiger partial charge in [0.1, 0.15) is 27.1 Å². The maximum atomic E-state index is 13.6. The summed E-state index contributed by atoms with van der Waals surface area (Å²) >= 11 is 1.78. The molecule has 0 spiro atoms. The number of methoxy groups -OCH3 is 1. The third-order valence-electron chi connectivity index (χ3n) is 7.69. The molecule has 0 saturated carbocycles. The Balaban J connectivity index is 1.39. The number of nitrogens with one attached hydrogen (secondary N) is 1. The second-order valence-corrected chi connectivity index (χ2v) is 13.2. The summed E-state index contributed by atoms with van der Waals surface area (Å²) in [5, 5.41) is 4.58. The lowest BCUT2D eigenvalue weighted by Crippen LogP contribution is -2.36. The average molecular weight is 558 g/mol. The number of morpholine rings is 1. The van der Waals surface area contributed by atoms with Gasteiger partial charge < -0.3 is 14.8 Å². The lowest BCUT2D eigenvalue weighted by molar-refractivity contribution is 0.0331. The molecule has 0 atom stereocenters. The molecule has 0 bridgehead atoms. The van der Waals surface area contributed by atoms with Gasteiger partial charge in [-0.25, -0.2) is 18.4 Å². The highest BCUT2D eigenvalue weighted by Gasteiger charge is 2.30. The van der Waals surface area contributed by atoms with Crippen LogP contribution in [0.2, 0.25) is 0 Å². The summed E-state index contributed by atoms with van der Waals surface area (Å²) in [5.74, 6) is 1.88. The smallest absolute Gasteiger partial charge is 0.246 e. The van der Waals surface area contributed by atoms with Crippen LogP contribution in [-0.2, 0) is 34.1 Å². The van der Waals surface area contributed by atoms with Crippen LogP contribution in [0.3, 0.4) is 0 Å². The van der Waals surface area contributed by atoms with Crippen molar-refractivity contribution in [1.29, 1.82) is 0 Å². The number of aromatic nitrogens is 2. The minimum atomic E-state index is -3.67. The fourth-order valence-electron chi connectivity index (χ4n) is 5.66. The van der Waals surface area contributed by atoms with Crippen molar-refractivity contribution in [2.24, 2.45) is 0 Å². The van der Waals surface area contributed by atoms with E-state index in [4.69, 9.17) is 19.4 Å². The molecule has 0 amide bonds. The number of nitrogens with zero attached hydrogens (tertiary/aromatic N) is 4. The van der Waals surface area contributed by atoms with Crippen molar-refractivity contribution in [3.05, 3.63) is 34.5 Å². The van der Waals surface area contributed by atoms with Gasteiger partial charge in [-0.2, -0.15) is 4.31 Å². The van der Waals surface area contributed by atoms with Gasteiger partial charge in [0.05, 0.1) is 32.3 Å². The van der Waals surface area contributed by atoms with E-state index in [1.165, 1.54) is 24.0 Å². The fraction of sp³-hybridized carbons (Fsp3) is 0.556. The lowest BCUT2D eigenvalue weighted by Gasteiger charge is -2.27. The third-order valence-corrected chi connectivity index (χ3v) is 10.8. The number of hydrogen-bond donors (Lipinski definition) is 1. The molecule has 1 aromatic carbocycles. The van der Waals surface area contributed by atoms with Crippen LogP contribution < -0.4 is 10.1 Å². The number of rotatable bonds is 7. The van der Waals surface area contributed by atoms with Gasteiger partial charge in [0, 0.05) is 36.7 Å². The van der Waals surface area contributed by atoms with Crippen molar-refractivity contribution < 1.29 is 17.9 Å². The topological polar surface area (TPSA) is 96.9 Å². The van der Waals surface area contributed by atoms with Crippen molar-refractivity contribution in [3.8, 4) is 5.75 Å². The van der Waals surface area contributed by atoms with Crippen LogP contribution in [0.1, 0.15) is 48.4 Å². The molecule has 38 heavy (non-hydrogen) atoms. The molecule has 0 radical (unpaired) electrons. The number of thiophene rings is 1. The molecule has 2 fully saturated rings. The van der Waals surface area contributed by atoms with E-state index in [1.54, 1.807) is 27.8 Å². The standard InChI is InChI=1S/C27H35N5O4S2/c1-35-21-10-9-19(17-23(21)38(33,34)32-11-5-2-6-12-32)28-26-25-20-7-3-4-8-22(20)37-27(25)30-24(29-26)18-31-13-15-36-16-14-31/h9-10,17H,2-8,11-16,18H2,1H3,(H,28,29,30). The van der Waals surface area contributed by atoms with Crippen LogP contribution in [0.15, 0.2) is 23.1 Å². The van der Waals surface area contributed by atoms with Gasteiger partial charge in [-0.15, -0.1) is 11.3 Å². The van der Waals surface area contributed by atoms with E-state index in [9.17, 15) is 8.42 Å². The van der Waals surface area contributed by atoms with Gasteiger partial charge >= 0.3 is 0 Å². The quantitative estimate of drug-likeness (QED) is 0.459. The molecule has 3 aromatic rings. The Labute approximate surface area is 228 Å². The zero-order valence-corrected chi connectivity index (χ0v) is 23.5. The first-order valence-electron chi connectivity index (χ1n) is 13.6. The van der Waals surface area contributed by atoms with Crippen molar-refractivity contribution in [1.82, 2.24) is 19.2 Å². The Hall–Kier alpha value is -2.31. The van der Waals surface area contributed by atoms with Crippen molar-refractivity contribution in [3.63, 3.8) is 0 Å². The normalized spacial score (nSPS) is 19.4. The van der Waals surface area contributed by atoms with Gasteiger partial charge in [0.2, 0.25) is 10.0 Å². The third kappa shape index (κ3) is 5.14. The van der Waals surface area contributed by atoms with Crippen LogP contribution >= 0.6 is 11.3 Å². The monoisotopic (exact) mass is 557 g/mol. The zero-order valence-electron chi connectivity index (χ0n) is 21.9. The summed E-state index contributed by atoms with van der Waals surface area (Å²) in [4.78, 5) is 14.9. The highest BCUT2D eigenvalue weighted by molar-refractivity contribution is 7.89. The minimum Gasteiger partial charge on any atom is -0.495 e. The first-order valence-corrected chi connectivity index (χ1v) is 15.8. The maximum Gasteiger partial charge on any atom is 0.246 e. The number of fused-ring (bicyclic) bond motifs is 3. The summed E-state index contributed by atoms with van der Waals surface area (Å²) < 4.78 is 39.8. The second kappa shape index (κ2) is 11.1. The molecule has 4 heterocycles. The van der Waals surface area contributed by atoms with Crippen LogP contribution in [-0.4, -0.2) is 74.1 Å². The molecule has 204 valence electrons. The van der Waals surface area contributed by atoms with Crippen molar-refractivity contribution in [2.45, 2.75) is 56.4 Å². The molecule has 2 aromatic heterocycles. The highest BCUT2D eigenvalue weighted by atomic mass is 32.2. The molecule has 0 unspecified atom stereocenters. The van der Waals surface area contributed by atoms with E-state index < -0.39 is 10.0 Å². The van der Waals surface area contributed by atoms with Crippen LogP contribution in [0.25, 0.3) is 10.2 Å². The van der Waals surface area contributed by atoms with Crippen molar-refractivity contribution in [2.75, 3.05) is 51.8 Å². The summed E-state index contributed by atoms with van der Waals surface area (Å²) in [6.45, 7) is 4.92. The molecular weight excluding hydrogens is 522 g/mol. The first kappa shape index (κ1) is 25.9. The number of sulfonamides is 1. The van der Waals surface area contributed by atoms with E-state index in [0.717, 1.165) is 86.7 Å². The zero-order chi connectivity index (χ0) is 26.1.